The number of hydrogen-bond donors (Lipinski definition) is 1. The van der Waals surface area contributed by atoms with Crippen LogP contribution >= 0.6 is 15.9 Å². The Bertz CT molecular complexity index is 392. The number of anilines is 1. The molecule has 1 saturated heterocycles. The third kappa shape index (κ3) is 2.77. The van der Waals surface area contributed by atoms with E-state index in [1.165, 1.54) is 12.1 Å². The van der Waals surface area contributed by atoms with Crippen LogP contribution in [-0.2, 0) is 0 Å². The fourth-order valence-electron chi connectivity index (χ4n) is 2.35. The van der Waals surface area contributed by atoms with Gasteiger partial charge >= 0.3 is 0 Å². The maximum absolute atomic E-state index is 13.8. The first-order valence-corrected chi connectivity index (χ1v) is 6.42. The molecule has 1 aliphatic heterocycles. The zero-order valence-electron chi connectivity index (χ0n) is 9.80. The molecule has 17 heavy (non-hydrogen) atoms. The standard InChI is InChI=1S/C12H15BrF2N2/c1-7-5-17(6-8(2)16-7)12-10(14)3-9(13)4-11(12)15/h3-4,7-8,16H,5-6H2,1-2H3/t7-,8?/m1/s1. The summed E-state index contributed by atoms with van der Waals surface area (Å²) in [5.74, 6) is -1.03. The quantitative estimate of drug-likeness (QED) is 0.858. The van der Waals surface area contributed by atoms with E-state index in [0.717, 1.165) is 0 Å². The largest absolute Gasteiger partial charge is 0.364 e. The Morgan fingerprint density at radius 3 is 2.12 bits per heavy atom. The smallest absolute Gasteiger partial charge is 0.150 e. The van der Waals surface area contributed by atoms with Crippen molar-refractivity contribution in [3.8, 4) is 0 Å². The zero-order valence-corrected chi connectivity index (χ0v) is 11.4. The highest BCUT2D eigenvalue weighted by Crippen LogP contribution is 2.28. The van der Waals surface area contributed by atoms with E-state index in [9.17, 15) is 8.78 Å². The molecule has 0 spiro atoms. The lowest BCUT2D eigenvalue weighted by atomic mass is 10.1. The van der Waals surface area contributed by atoms with Gasteiger partial charge in [-0.25, -0.2) is 8.78 Å². The van der Waals surface area contributed by atoms with E-state index in [1.54, 1.807) is 4.90 Å². The molecule has 1 N–H and O–H groups in total. The first kappa shape index (κ1) is 12.8. The van der Waals surface area contributed by atoms with Gasteiger partial charge in [-0.15, -0.1) is 0 Å². The summed E-state index contributed by atoms with van der Waals surface area (Å²) in [5, 5.41) is 3.33. The average Bonchev–Trinajstić information content (AvgIpc) is 2.13. The normalized spacial score (nSPS) is 25.1. The summed E-state index contributed by atoms with van der Waals surface area (Å²) in [4.78, 5) is 1.77. The van der Waals surface area contributed by atoms with Crippen LogP contribution in [0.25, 0.3) is 0 Å². The van der Waals surface area contributed by atoms with Crippen molar-refractivity contribution in [1.82, 2.24) is 5.32 Å². The van der Waals surface area contributed by atoms with Crippen molar-refractivity contribution in [3.63, 3.8) is 0 Å². The van der Waals surface area contributed by atoms with Crippen LogP contribution in [0, 0.1) is 11.6 Å². The summed E-state index contributed by atoms with van der Waals surface area (Å²) < 4.78 is 28.1. The molecule has 1 aromatic rings. The van der Waals surface area contributed by atoms with Crippen molar-refractivity contribution in [1.29, 1.82) is 0 Å². The molecule has 2 rings (SSSR count). The summed E-state index contributed by atoms with van der Waals surface area (Å²) in [6.45, 7) is 5.24. The number of benzene rings is 1. The van der Waals surface area contributed by atoms with Gasteiger partial charge in [0.2, 0.25) is 0 Å². The number of hydrogen-bond acceptors (Lipinski definition) is 2. The van der Waals surface area contributed by atoms with Gasteiger partial charge in [-0.2, -0.15) is 0 Å². The molecule has 0 aliphatic carbocycles. The van der Waals surface area contributed by atoms with Gasteiger partial charge in [-0.05, 0) is 26.0 Å². The predicted molar refractivity (Wildman–Crippen MR) is 68.3 cm³/mol. The number of halogens is 3. The van der Waals surface area contributed by atoms with Crippen molar-refractivity contribution in [2.75, 3.05) is 18.0 Å². The highest BCUT2D eigenvalue weighted by molar-refractivity contribution is 9.10. The number of piperazine rings is 1. The summed E-state index contributed by atoms with van der Waals surface area (Å²) >= 11 is 3.08. The Kier molecular flexibility index (Phi) is 3.68. The van der Waals surface area contributed by atoms with Gasteiger partial charge in [0.1, 0.15) is 5.69 Å². The second kappa shape index (κ2) is 4.90. The Morgan fingerprint density at radius 1 is 1.18 bits per heavy atom. The highest BCUT2D eigenvalue weighted by atomic mass is 79.9. The average molecular weight is 305 g/mol. The number of rotatable bonds is 1. The molecule has 1 fully saturated rings. The van der Waals surface area contributed by atoms with Crippen LogP contribution in [0.5, 0.6) is 0 Å². The van der Waals surface area contributed by atoms with Crippen molar-refractivity contribution >= 4 is 21.6 Å². The Labute approximate surface area is 108 Å². The lowest BCUT2D eigenvalue weighted by Crippen LogP contribution is -2.54. The van der Waals surface area contributed by atoms with E-state index in [4.69, 9.17) is 0 Å². The van der Waals surface area contributed by atoms with Crippen LogP contribution in [0.3, 0.4) is 0 Å². The Balaban J connectivity index is 2.33. The Morgan fingerprint density at radius 2 is 1.65 bits per heavy atom. The predicted octanol–water partition coefficient (Wildman–Crippen LogP) is 2.91. The maximum atomic E-state index is 13.8. The fourth-order valence-corrected chi connectivity index (χ4v) is 2.75. The van der Waals surface area contributed by atoms with E-state index < -0.39 is 11.6 Å². The van der Waals surface area contributed by atoms with Gasteiger partial charge in [-0.3, -0.25) is 0 Å². The first-order chi connectivity index (χ1) is 7.97. The van der Waals surface area contributed by atoms with E-state index >= 15 is 0 Å². The van der Waals surface area contributed by atoms with Gasteiger partial charge in [0, 0.05) is 29.6 Å². The fraction of sp³-hybridized carbons (Fsp3) is 0.500. The van der Waals surface area contributed by atoms with Crippen molar-refractivity contribution in [3.05, 3.63) is 28.2 Å². The summed E-state index contributed by atoms with van der Waals surface area (Å²) in [7, 11) is 0. The van der Waals surface area contributed by atoms with E-state index in [0.29, 0.717) is 17.6 Å². The van der Waals surface area contributed by atoms with Gasteiger partial charge in [0.15, 0.2) is 11.6 Å². The van der Waals surface area contributed by atoms with Crippen LogP contribution in [0.1, 0.15) is 13.8 Å². The zero-order chi connectivity index (χ0) is 12.6. The van der Waals surface area contributed by atoms with Crippen LogP contribution in [0.15, 0.2) is 16.6 Å². The molecule has 0 saturated carbocycles. The molecule has 1 aromatic carbocycles. The van der Waals surface area contributed by atoms with Crippen molar-refractivity contribution in [2.24, 2.45) is 0 Å². The summed E-state index contributed by atoms with van der Waals surface area (Å²) in [6.07, 6.45) is 0. The third-order valence-corrected chi connectivity index (χ3v) is 3.31. The van der Waals surface area contributed by atoms with Crippen LogP contribution in [0.2, 0.25) is 0 Å². The molecule has 0 aromatic heterocycles. The molecular weight excluding hydrogens is 290 g/mol. The van der Waals surface area contributed by atoms with Crippen molar-refractivity contribution in [2.45, 2.75) is 25.9 Å². The van der Waals surface area contributed by atoms with Gasteiger partial charge in [0.25, 0.3) is 0 Å². The summed E-state index contributed by atoms with van der Waals surface area (Å²) in [6, 6.07) is 3.05. The van der Waals surface area contributed by atoms with Crippen molar-refractivity contribution < 1.29 is 8.78 Å². The van der Waals surface area contributed by atoms with Crippen LogP contribution < -0.4 is 10.2 Å². The minimum atomic E-state index is -0.516. The van der Waals surface area contributed by atoms with E-state index in [-0.39, 0.29) is 17.8 Å². The van der Waals surface area contributed by atoms with E-state index in [2.05, 4.69) is 21.2 Å². The number of nitrogens with zero attached hydrogens (tertiary/aromatic N) is 1. The second-order valence-electron chi connectivity index (χ2n) is 4.59. The van der Waals surface area contributed by atoms with Crippen LogP contribution in [-0.4, -0.2) is 25.2 Å². The van der Waals surface area contributed by atoms with Gasteiger partial charge in [0.05, 0.1) is 0 Å². The number of nitrogens with one attached hydrogen (secondary N) is 1. The van der Waals surface area contributed by atoms with Crippen LogP contribution in [0.4, 0.5) is 14.5 Å². The first-order valence-electron chi connectivity index (χ1n) is 5.63. The maximum Gasteiger partial charge on any atom is 0.150 e. The molecule has 2 nitrogen and oxygen atoms in total. The highest BCUT2D eigenvalue weighted by Gasteiger charge is 2.25. The third-order valence-electron chi connectivity index (χ3n) is 2.86. The molecule has 0 radical (unpaired) electrons. The topological polar surface area (TPSA) is 15.3 Å². The lowest BCUT2D eigenvalue weighted by Gasteiger charge is -2.37. The molecule has 5 heteroatoms. The monoisotopic (exact) mass is 304 g/mol. The molecule has 1 unspecified atom stereocenters. The SMILES string of the molecule is CC1CN(c2c(F)cc(Br)cc2F)C[C@@H](C)N1. The molecule has 0 bridgehead atoms. The lowest BCUT2D eigenvalue weighted by molar-refractivity contribution is 0.400. The molecule has 94 valence electrons. The van der Waals surface area contributed by atoms with Gasteiger partial charge < -0.3 is 10.2 Å². The molecule has 1 heterocycles. The Hall–Kier alpha value is -0.680. The summed E-state index contributed by atoms with van der Waals surface area (Å²) in [5.41, 5.74) is 0.0772. The van der Waals surface area contributed by atoms with Gasteiger partial charge in [-0.1, -0.05) is 15.9 Å². The second-order valence-corrected chi connectivity index (χ2v) is 5.51. The molecule has 1 aliphatic rings. The molecule has 2 atom stereocenters. The minimum absolute atomic E-state index is 0.0772. The van der Waals surface area contributed by atoms with E-state index in [1.807, 2.05) is 13.8 Å². The minimum Gasteiger partial charge on any atom is -0.364 e. The molecule has 0 amide bonds. The molecular formula is C12H15BrF2N2.